The summed E-state index contributed by atoms with van der Waals surface area (Å²) in [5, 5.41) is 14.4. The van der Waals surface area contributed by atoms with E-state index in [4.69, 9.17) is 9.40 Å². The summed E-state index contributed by atoms with van der Waals surface area (Å²) >= 11 is 0. The number of carbonyl (C=O) groups excluding carboxylic acids is 1. The van der Waals surface area contributed by atoms with Crippen LogP contribution in [0, 0.1) is 17.9 Å². The predicted octanol–water partition coefficient (Wildman–Crippen LogP) is 11.1. The van der Waals surface area contributed by atoms with Gasteiger partial charge in [-0.2, -0.15) is 0 Å². The quantitative estimate of drug-likeness (QED) is 0.112. The van der Waals surface area contributed by atoms with Crippen molar-refractivity contribution in [3.05, 3.63) is 90.4 Å². The first-order valence-electron chi connectivity index (χ1n) is 16.5. The zero-order valence-electron chi connectivity index (χ0n) is 26.7. The van der Waals surface area contributed by atoms with Gasteiger partial charge in [-0.3, -0.25) is 9.78 Å². The number of benzene rings is 3. The number of hydrogen-bond acceptors (Lipinski definition) is 4. The molecule has 45 heavy (non-hydrogen) atoms. The molecule has 2 aliphatic rings. The number of aromatic nitrogens is 1. The van der Waals surface area contributed by atoms with Crippen LogP contribution in [0.2, 0.25) is 0 Å². The molecule has 0 bridgehead atoms. The van der Waals surface area contributed by atoms with E-state index in [9.17, 15) is 9.90 Å². The molecular weight excluding hydrogens is 735 g/mol. The van der Waals surface area contributed by atoms with Crippen molar-refractivity contribution < 1.29 is 34.4 Å². The number of hydrogen-bond donors (Lipinski definition) is 1. The van der Waals surface area contributed by atoms with Gasteiger partial charge in [0.25, 0.3) is 0 Å². The van der Waals surface area contributed by atoms with E-state index in [1.165, 1.54) is 49.5 Å². The second-order valence-corrected chi connectivity index (χ2v) is 13.7. The number of pyridine rings is 1. The van der Waals surface area contributed by atoms with Crippen molar-refractivity contribution in [2.75, 3.05) is 0 Å². The number of aliphatic hydroxyl groups excluding tert-OH is 1. The van der Waals surface area contributed by atoms with Crippen LogP contribution in [-0.2, 0) is 30.3 Å². The minimum absolute atomic E-state index is 0. The Morgan fingerprint density at radius 2 is 1.47 bits per heavy atom. The van der Waals surface area contributed by atoms with Crippen LogP contribution in [0.4, 0.5) is 0 Å². The Labute approximate surface area is 280 Å². The van der Waals surface area contributed by atoms with Crippen LogP contribution in [0.15, 0.2) is 83.2 Å². The Kier molecular flexibility index (Phi) is 10.6. The van der Waals surface area contributed by atoms with Crippen molar-refractivity contribution in [1.29, 1.82) is 0 Å². The summed E-state index contributed by atoms with van der Waals surface area (Å²) in [6, 6.07) is 24.4. The van der Waals surface area contributed by atoms with E-state index in [1.807, 2.05) is 24.3 Å². The Hall–Kier alpha value is -3.27. The van der Waals surface area contributed by atoms with Crippen LogP contribution in [0.3, 0.4) is 0 Å². The molecule has 7 rings (SSSR count). The van der Waals surface area contributed by atoms with E-state index in [1.54, 1.807) is 12.3 Å². The van der Waals surface area contributed by atoms with Crippen molar-refractivity contribution in [2.45, 2.75) is 90.4 Å². The number of carbonyl (C=O) groups is 1. The average Bonchev–Trinajstić information content (AvgIpc) is 3.55. The first-order chi connectivity index (χ1) is 21.3. The second kappa shape index (κ2) is 14.4. The number of allylic oxidation sites excluding steroid dienone is 2. The van der Waals surface area contributed by atoms with Gasteiger partial charge in [0, 0.05) is 54.5 Å². The zero-order valence-corrected chi connectivity index (χ0v) is 29.1. The Balaban J connectivity index is 0.000000193. The minimum atomic E-state index is 0. The fourth-order valence-corrected chi connectivity index (χ4v) is 7.00. The van der Waals surface area contributed by atoms with Crippen molar-refractivity contribution in [3.63, 3.8) is 0 Å². The van der Waals surface area contributed by atoms with Crippen molar-refractivity contribution in [2.24, 2.45) is 11.8 Å². The number of rotatable bonds is 4. The summed E-state index contributed by atoms with van der Waals surface area (Å²) in [6.45, 7) is 6.75. The van der Waals surface area contributed by atoms with Gasteiger partial charge in [0.2, 0.25) is 0 Å². The molecule has 5 heteroatoms. The molecule has 0 amide bonds. The molecule has 2 fully saturated rings. The first kappa shape index (κ1) is 33.1. The summed E-state index contributed by atoms with van der Waals surface area (Å²) < 4.78 is 5.82. The molecule has 1 N–H and O–H groups in total. The largest absolute Gasteiger partial charge is 0.512 e. The van der Waals surface area contributed by atoms with Gasteiger partial charge in [0.1, 0.15) is 5.58 Å². The average molecular weight is 779 g/mol. The summed E-state index contributed by atoms with van der Waals surface area (Å²) in [4.78, 5) is 17.0. The summed E-state index contributed by atoms with van der Waals surface area (Å²) in [5.41, 5.74) is 5.08. The molecule has 2 aliphatic carbocycles. The van der Waals surface area contributed by atoms with Gasteiger partial charge in [-0.25, -0.2) is 0 Å². The molecule has 237 valence electrons. The third kappa shape index (κ3) is 7.42. The van der Waals surface area contributed by atoms with Crippen molar-refractivity contribution in [3.8, 4) is 11.3 Å². The van der Waals surface area contributed by atoms with Crippen molar-refractivity contribution >= 4 is 38.4 Å². The molecule has 2 saturated carbocycles. The van der Waals surface area contributed by atoms with E-state index in [0.29, 0.717) is 5.76 Å². The standard InChI is InChI=1S/C25H20NO.C15H24O2.Ir/c1-25(2,3)21-15-17(14-16-8-4-5-9-18(16)21)23-20-12-13-27-24(20)19-10-6-7-11-22(19)26-23;16-14(12-7-3-1-4-8-12)11-15(17)13-9-5-2-6-10-13;/h4-13,15H,1-3H3;11-13,16H,1-10H2;/q-1;;/b;14-11-;. The molecule has 5 aromatic rings. The molecule has 4 nitrogen and oxygen atoms in total. The fourth-order valence-electron chi connectivity index (χ4n) is 7.00. The minimum Gasteiger partial charge on any atom is -0.512 e. The number of nitrogens with zero attached hydrogens (tertiary/aromatic N) is 1. The topological polar surface area (TPSA) is 63.3 Å². The number of fused-ring (bicyclic) bond motifs is 4. The normalized spacial score (nSPS) is 16.7. The van der Waals surface area contributed by atoms with E-state index in [2.05, 4.69) is 63.2 Å². The number of para-hydroxylation sites is 1. The molecular formula is C40H44IrNO3-. The van der Waals surface area contributed by atoms with Crippen LogP contribution in [0.1, 0.15) is 90.5 Å². The SMILES string of the molecule is CC(C)(C)c1cc(-c2nc3ccccc3c3occc23)[c-]c2ccccc12.O=C(/C=C(\O)C1CCCCC1)C1CCCCC1.[Ir]. The van der Waals surface area contributed by atoms with Gasteiger partial charge in [0.15, 0.2) is 5.78 Å². The molecule has 2 heterocycles. The van der Waals surface area contributed by atoms with Crippen LogP contribution in [-0.4, -0.2) is 15.9 Å². The van der Waals surface area contributed by atoms with Crippen molar-refractivity contribution in [1.82, 2.24) is 4.98 Å². The van der Waals surface area contributed by atoms with Gasteiger partial charge in [-0.1, -0.05) is 101 Å². The smallest absolute Gasteiger partial charge is 0.162 e. The van der Waals surface area contributed by atoms with E-state index < -0.39 is 0 Å². The summed E-state index contributed by atoms with van der Waals surface area (Å²) in [5.74, 6) is 0.985. The predicted molar refractivity (Wildman–Crippen MR) is 181 cm³/mol. The number of ketones is 1. The molecule has 0 aliphatic heterocycles. The zero-order chi connectivity index (χ0) is 30.7. The second-order valence-electron chi connectivity index (χ2n) is 13.7. The van der Waals surface area contributed by atoms with Crippen LogP contribution < -0.4 is 0 Å². The van der Waals surface area contributed by atoms with Crippen LogP contribution in [0.25, 0.3) is 43.9 Å². The first-order valence-corrected chi connectivity index (χ1v) is 16.5. The third-order valence-electron chi connectivity index (χ3n) is 9.46. The van der Waals surface area contributed by atoms with Gasteiger partial charge < -0.3 is 9.52 Å². The van der Waals surface area contributed by atoms with E-state index >= 15 is 0 Å². The van der Waals surface area contributed by atoms with E-state index in [0.717, 1.165) is 64.2 Å². The number of furan rings is 1. The van der Waals surface area contributed by atoms with Crippen LogP contribution >= 0.6 is 0 Å². The molecule has 0 saturated heterocycles. The van der Waals surface area contributed by atoms with E-state index in [-0.39, 0.29) is 43.1 Å². The Bertz CT molecular complexity index is 1800. The monoisotopic (exact) mass is 779 g/mol. The number of aliphatic hydroxyl groups is 1. The Morgan fingerprint density at radius 3 is 2.16 bits per heavy atom. The Morgan fingerprint density at radius 1 is 0.844 bits per heavy atom. The molecule has 0 unspecified atom stereocenters. The third-order valence-corrected chi connectivity index (χ3v) is 9.46. The summed E-state index contributed by atoms with van der Waals surface area (Å²) in [6.07, 6.45) is 14.7. The maximum Gasteiger partial charge on any atom is 0.162 e. The van der Waals surface area contributed by atoms with Crippen LogP contribution in [0.5, 0.6) is 0 Å². The fraction of sp³-hybridized carbons (Fsp3) is 0.400. The molecule has 0 spiro atoms. The molecule has 0 atom stereocenters. The molecule has 3 aromatic carbocycles. The molecule has 2 aromatic heterocycles. The van der Waals surface area contributed by atoms with Gasteiger partial charge in [-0.15, -0.1) is 29.1 Å². The maximum absolute atomic E-state index is 12.0. The van der Waals surface area contributed by atoms with Gasteiger partial charge in [-0.05, 0) is 49.3 Å². The van der Waals surface area contributed by atoms with Gasteiger partial charge in [0.05, 0.1) is 17.5 Å². The maximum atomic E-state index is 12.0. The summed E-state index contributed by atoms with van der Waals surface area (Å²) in [7, 11) is 0. The molecule has 1 radical (unpaired) electrons. The van der Waals surface area contributed by atoms with Gasteiger partial charge >= 0.3 is 0 Å².